The first-order chi connectivity index (χ1) is 16.7. The van der Waals surface area contributed by atoms with Crippen molar-refractivity contribution in [2.75, 3.05) is 0 Å². The van der Waals surface area contributed by atoms with Crippen LogP contribution in [-0.2, 0) is 11.8 Å². The molecule has 0 radical (unpaired) electrons. The van der Waals surface area contributed by atoms with Crippen molar-refractivity contribution in [2.45, 2.75) is 0 Å². The number of para-hydroxylation sites is 2. The van der Waals surface area contributed by atoms with Crippen LogP contribution in [0.5, 0.6) is 23.0 Å². The van der Waals surface area contributed by atoms with Crippen LogP contribution in [0.3, 0.4) is 0 Å². The number of nitrogens with zero attached hydrogens (tertiary/aromatic N) is 2. The number of benzene rings is 3. The van der Waals surface area contributed by atoms with Crippen molar-refractivity contribution in [3.05, 3.63) is 104 Å². The first-order valence-electron chi connectivity index (χ1n) is 10.9. The minimum Gasteiger partial charge on any atom is -0.455 e. The minimum atomic E-state index is -2.47. The van der Waals surface area contributed by atoms with E-state index in [1.165, 1.54) is 0 Å². The lowest BCUT2D eigenvalue weighted by molar-refractivity contribution is 0.468. The molecule has 3 aromatic carbocycles. The number of ether oxygens (including phenoxy) is 2. The van der Waals surface area contributed by atoms with Gasteiger partial charge in [-0.1, -0.05) is 48.2 Å². The third-order valence-electron chi connectivity index (χ3n) is 6.30. The quantitative estimate of drug-likeness (QED) is 0.296. The summed E-state index contributed by atoms with van der Waals surface area (Å²) in [5.41, 5.74) is 3.81. The molecule has 7 rings (SSSR count). The van der Waals surface area contributed by atoms with Crippen LogP contribution in [0, 0.1) is 0 Å². The minimum absolute atomic E-state index is 0.757. The maximum absolute atomic E-state index is 6.70. The maximum Gasteiger partial charge on any atom is 0.148 e. The van der Waals surface area contributed by atoms with Gasteiger partial charge in [-0.2, -0.15) is 0 Å². The van der Waals surface area contributed by atoms with Crippen LogP contribution in [0.4, 0.5) is 0 Å². The molecule has 5 aromatic rings. The third kappa shape index (κ3) is 2.68. The first-order valence-corrected chi connectivity index (χ1v) is 13.7. The Kier molecular flexibility index (Phi) is 4.25. The van der Waals surface area contributed by atoms with Gasteiger partial charge in [-0.05, 0) is 42.5 Å². The van der Waals surface area contributed by atoms with Gasteiger partial charge in [-0.25, -0.2) is 0 Å². The molecule has 0 amide bonds. The molecular formula is C28H17N2O2PS. The zero-order chi connectivity index (χ0) is 22.7. The van der Waals surface area contributed by atoms with Crippen LogP contribution in [-0.4, -0.2) is 9.97 Å². The van der Waals surface area contributed by atoms with Gasteiger partial charge in [-0.3, -0.25) is 9.97 Å². The average Bonchev–Trinajstić information content (AvgIpc) is 2.90. The van der Waals surface area contributed by atoms with E-state index in [0.29, 0.717) is 0 Å². The number of hydrogen-bond donors (Lipinski definition) is 0. The lowest BCUT2D eigenvalue weighted by Crippen LogP contribution is -2.35. The van der Waals surface area contributed by atoms with E-state index in [-0.39, 0.29) is 0 Å². The van der Waals surface area contributed by atoms with Gasteiger partial charge in [-0.15, -0.1) is 0 Å². The van der Waals surface area contributed by atoms with E-state index in [9.17, 15) is 0 Å². The molecule has 0 spiro atoms. The zero-order valence-electron chi connectivity index (χ0n) is 17.9. The lowest BCUT2D eigenvalue weighted by Gasteiger charge is -2.39. The van der Waals surface area contributed by atoms with E-state index in [2.05, 4.69) is 28.2 Å². The highest BCUT2D eigenvalue weighted by atomic mass is 32.4. The fourth-order valence-corrected chi connectivity index (χ4v) is 9.30. The molecule has 0 N–H and O–H groups in total. The van der Waals surface area contributed by atoms with E-state index in [1.807, 2.05) is 73.1 Å². The van der Waals surface area contributed by atoms with Gasteiger partial charge in [0.2, 0.25) is 0 Å². The summed E-state index contributed by atoms with van der Waals surface area (Å²) in [6, 6.07) is 23.9. The van der Waals surface area contributed by atoms with Crippen molar-refractivity contribution >= 4 is 33.8 Å². The van der Waals surface area contributed by atoms with Crippen LogP contribution in [0.2, 0.25) is 0 Å². The summed E-state index contributed by atoms with van der Waals surface area (Å²) in [4.78, 5) is 8.74. The second-order valence-electron chi connectivity index (χ2n) is 8.21. The maximum atomic E-state index is 6.70. The Hall–Kier alpha value is -3.79. The normalized spacial score (nSPS) is 14.1. The predicted octanol–water partition coefficient (Wildman–Crippen LogP) is 5.78. The number of hydrogen-bond acceptors (Lipinski definition) is 5. The van der Waals surface area contributed by atoms with E-state index in [4.69, 9.17) is 21.3 Å². The summed E-state index contributed by atoms with van der Waals surface area (Å²) in [5, 5.41) is 3.06. The van der Waals surface area contributed by atoms with Crippen LogP contribution < -0.4 is 25.4 Å². The summed E-state index contributed by atoms with van der Waals surface area (Å²) in [5.74, 6) is 3.12. The molecular weight excluding hydrogens is 459 g/mol. The van der Waals surface area contributed by atoms with Gasteiger partial charge < -0.3 is 9.47 Å². The topological polar surface area (TPSA) is 44.2 Å². The summed E-state index contributed by atoms with van der Waals surface area (Å²) in [6.07, 6.45) is 7.26. The highest BCUT2D eigenvalue weighted by Crippen LogP contribution is 2.61. The summed E-state index contributed by atoms with van der Waals surface area (Å²) < 4.78 is 13.2. The Labute approximate surface area is 201 Å². The van der Waals surface area contributed by atoms with Crippen LogP contribution in [0.1, 0.15) is 0 Å². The molecule has 2 aromatic heterocycles. The second kappa shape index (κ2) is 7.36. The molecule has 0 saturated heterocycles. The highest BCUT2D eigenvalue weighted by molar-refractivity contribution is 8.26. The third-order valence-corrected chi connectivity index (χ3v) is 11.2. The van der Waals surface area contributed by atoms with Crippen molar-refractivity contribution in [3.8, 4) is 45.3 Å². The number of pyridine rings is 2. The van der Waals surface area contributed by atoms with Crippen molar-refractivity contribution in [2.24, 2.45) is 0 Å². The number of fused-ring (bicyclic) bond motifs is 4. The fourth-order valence-electron chi connectivity index (χ4n) is 4.80. The SMILES string of the molecule is S=P12c3ccccc3Oc3c(-c4cccnc4)cc(-c4cccnc4)c(c31)Oc1ccccc12. The van der Waals surface area contributed by atoms with Gasteiger partial charge in [0.15, 0.2) is 0 Å². The summed E-state index contributed by atoms with van der Waals surface area (Å²) in [6.45, 7) is 0. The first kappa shape index (κ1) is 19.7. The molecule has 4 heterocycles. The predicted molar refractivity (Wildman–Crippen MR) is 139 cm³/mol. The molecule has 2 aliphatic rings. The Morgan fingerprint density at radius 3 is 1.59 bits per heavy atom. The molecule has 162 valence electrons. The molecule has 0 atom stereocenters. The molecule has 34 heavy (non-hydrogen) atoms. The molecule has 0 unspecified atom stereocenters. The van der Waals surface area contributed by atoms with Gasteiger partial charge in [0.05, 0.1) is 11.3 Å². The Balaban J connectivity index is 1.66. The molecule has 0 bridgehead atoms. The zero-order valence-corrected chi connectivity index (χ0v) is 19.6. The average molecular weight is 476 g/mol. The largest absolute Gasteiger partial charge is 0.455 e. The highest BCUT2D eigenvalue weighted by Gasteiger charge is 2.44. The number of rotatable bonds is 2. The Morgan fingerprint density at radius 1 is 0.618 bits per heavy atom. The van der Waals surface area contributed by atoms with Gasteiger partial charge in [0, 0.05) is 57.7 Å². The molecule has 0 fully saturated rings. The van der Waals surface area contributed by atoms with E-state index < -0.39 is 6.04 Å². The van der Waals surface area contributed by atoms with Crippen LogP contribution >= 0.6 is 6.04 Å². The number of aromatic nitrogens is 2. The van der Waals surface area contributed by atoms with Crippen molar-refractivity contribution in [1.82, 2.24) is 9.97 Å². The van der Waals surface area contributed by atoms with Crippen LogP contribution in [0.15, 0.2) is 104 Å². The standard InChI is InChI=1S/C28H17N2O2PS/c34-33-24-11-3-1-9-22(24)31-26-20(18-7-5-13-29-16-18)15-21(19-8-6-14-30-17-19)27(28(26)33)32-23-10-2-4-12-25(23)33/h1-17H. The molecule has 0 saturated carbocycles. The smallest absolute Gasteiger partial charge is 0.148 e. The summed E-state index contributed by atoms with van der Waals surface area (Å²) in [7, 11) is 0. The van der Waals surface area contributed by atoms with E-state index in [1.54, 1.807) is 12.4 Å². The molecule has 2 aliphatic heterocycles. The van der Waals surface area contributed by atoms with Crippen molar-refractivity contribution < 1.29 is 9.47 Å². The molecule has 6 heteroatoms. The molecule has 0 aliphatic carbocycles. The Bertz CT molecular complexity index is 1520. The summed E-state index contributed by atoms with van der Waals surface area (Å²) >= 11 is 6.70. The lowest BCUT2D eigenvalue weighted by atomic mass is 9.98. The van der Waals surface area contributed by atoms with Gasteiger partial charge in [0.25, 0.3) is 0 Å². The second-order valence-corrected chi connectivity index (χ2v) is 12.5. The fraction of sp³-hybridized carbons (Fsp3) is 0. The van der Waals surface area contributed by atoms with Crippen molar-refractivity contribution in [1.29, 1.82) is 0 Å². The molecule has 4 nitrogen and oxygen atoms in total. The Morgan fingerprint density at radius 2 is 1.12 bits per heavy atom. The van der Waals surface area contributed by atoms with Gasteiger partial charge >= 0.3 is 0 Å². The monoisotopic (exact) mass is 476 g/mol. The van der Waals surface area contributed by atoms with Crippen LogP contribution in [0.25, 0.3) is 22.3 Å². The van der Waals surface area contributed by atoms with E-state index in [0.717, 1.165) is 61.2 Å². The van der Waals surface area contributed by atoms with Gasteiger partial charge in [0.1, 0.15) is 23.0 Å². The van der Waals surface area contributed by atoms with Crippen molar-refractivity contribution in [3.63, 3.8) is 0 Å². The van der Waals surface area contributed by atoms with E-state index >= 15 is 0 Å².